The standard InChI is InChI=1S/C20H35F3N4O2.HI/c1-24-19(25-11-4-7-18(28)29-17-5-2-3-6-17)26-12-8-16-9-13-27(14-10-16)15-20(21,22)23;/h16-17H,2-15H2,1H3,(H2,24,25,26);1H. The molecule has 10 heteroatoms. The number of aliphatic imine (C=N–C) groups is 1. The Morgan fingerprint density at radius 2 is 1.73 bits per heavy atom. The van der Waals surface area contributed by atoms with Gasteiger partial charge >= 0.3 is 12.1 Å². The van der Waals surface area contributed by atoms with Crippen LogP contribution in [0.5, 0.6) is 0 Å². The van der Waals surface area contributed by atoms with Crippen LogP contribution in [-0.2, 0) is 9.53 Å². The van der Waals surface area contributed by atoms with E-state index in [9.17, 15) is 18.0 Å². The maximum atomic E-state index is 12.4. The van der Waals surface area contributed by atoms with E-state index in [1.54, 1.807) is 7.05 Å². The topological polar surface area (TPSA) is 66.0 Å². The smallest absolute Gasteiger partial charge is 0.401 e. The van der Waals surface area contributed by atoms with Crippen molar-refractivity contribution in [3.8, 4) is 0 Å². The van der Waals surface area contributed by atoms with Crippen LogP contribution in [0.3, 0.4) is 0 Å². The minimum absolute atomic E-state index is 0. The third-order valence-electron chi connectivity index (χ3n) is 5.63. The van der Waals surface area contributed by atoms with Gasteiger partial charge in [0.1, 0.15) is 6.10 Å². The quantitative estimate of drug-likeness (QED) is 0.151. The van der Waals surface area contributed by atoms with Crippen LogP contribution in [-0.4, -0.2) is 68.9 Å². The Labute approximate surface area is 194 Å². The Balaban J connectivity index is 0.00000450. The van der Waals surface area contributed by atoms with E-state index < -0.39 is 12.7 Å². The minimum atomic E-state index is -4.11. The van der Waals surface area contributed by atoms with Gasteiger partial charge < -0.3 is 15.4 Å². The molecule has 1 heterocycles. The maximum absolute atomic E-state index is 12.4. The molecular weight excluding hydrogens is 512 g/mol. The highest BCUT2D eigenvalue weighted by Crippen LogP contribution is 2.24. The van der Waals surface area contributed by atoms with Gasteiger partial charge in [-0.15, -0.1) is 24.0 Å². The molecule has 6 nitrogen and oxygen atoms in total. The average Bonchev–Trinajstić information content (AvgIpc) is 3.16. The number of alkyl halides is 3. The van der Waals surface area contributed by atoms with Gasteiger partial charge in [0.15, 0.2) is 5.96 Å². The molecule has 1 aliphatic carbocycles. The first-order valence-electron chi connectivity index (χ1n) is 10.8. The van der Waals surface area contributed by atoms with E-state index in [0.29, 0.717) is 44.4 Å². The molecule has 30 heavy (non-hydrogen) atoms. The molecule has 0 bridgehead atoms. The Bertz CT molecular complexity index is 521. The van der Waals surface area contributed by atoms with E-state index >= 15 is 0 Å². The summed E-state index contributed by atoms with van der Waals surface area (Å²) in [5.74, 6) is 0.998. The first kappa shape index (κ1) is 27.3. The lowest BCUT2D eigenvalue weighted by atomic mass is 9.93. The Kier molecular flexibility index (Phi) is 13.0. The number of guanidine groups is 1. The molecule has 1 aliphatic heterocycles. The van der Waals surface area contributed by atoms with Crippen molar-refractivity contribution in [3.05, 3.63) is 0 Å². The number of likely N-dealkylation sites (tertiary alicyclic amines) is 1. The summed E-state index contributed by atoms with van der Waals surface area (Å²) >= 11 is 0. The summed E-state index contributed by atoms with van der Waals surface area (Å²) in [6.07, 6.45) is 3.87. The van der Waals surface area contributed by atoms with E-state index in [4.69, 9.17) is 4.74 Å². The van der Waals surface area contributed by atoms with E-state index in [1.165, 1.54) is 4.90 Å². The molecule has 0 aromatic rings. The lowest BCUT2D eigenvalue weighted by Gasteiger charge is -2.32. The summed E-state index contributed by atoms with van der Waals surface area (Å²) in [4.78, 5) is 17.5. The summed E-state index contributed by atoms with van der Waals surface area (Å²) in [5.41, 5.74) is 0. The summed E-state index contributed by atoms with van der Waals surface area (Å²) in [6, 6.07) is 0. The van der Waals surface area contributed by atoms with Gasteiger partial charge in [-0.3, -0.25) is 14.7 Å². The third kappa shape index (κ3) is 11.6. The molecular formula is C20H36F3IN4O2. The zero-order chi connectivity index (χ0) is 21.1. The normalized spacial score (nSPS) is 19.4. The van der Waals surface area contributed by atoms with Gasteiger partial charge in [0.25, 0.3) is 0 Å². The van der Waals surface area contributed by atoms with Crippen molar-refractivity contribution < 1.29 is 22.7 Å². The summed E-state index contributed by atoms with van der Waals surface area (Å²) < 4.78 is 42.7. The number of rotatable bonds is 9. The first-order chi connectivity index (χ1) is 13.9. The van der Waals surface area contributed by atoms with E-state index in [0.717, 1.165) is 51.5 Å². The summed E-state index contributed by atoms with van der Waals surface area (Å²) in [6.45, 7) is 1.58. The highest BCUT2D eigenvalue weighted by molar-refractivity contribution is 14.0. The molecule has 0 aromatic carbocycles. The number of hydrogen-bond acceptors (Lipinski definition) is 4. The zero-order valence-electron chi connectivity index (χ0n) is 17.8. The lowest BCUT2D eigenvalue weighted by molar-refractivity contribution is -0.149. The van der Waals surface area contributed by atoms with Crippen molar-refractivity contribution in [3.63, 3.8) is 0 Å². The molecule has 2 rings (SSSR count). The van der Waals surface area contributed by atoms with Crippen LogP contribution in [0.1, 0.15) is 57.8 Å². The Morgan fingerprint density at radius 1 is 1.10 bits per heavy atom. The van der Waals surface area contributed by atoms with Crippen molar-refractivity contribution in [2.24, 2.45) is 10.9 Å². The molecule has 1 saturated carbocycles. The molecule has 0 atom stereocenters. The molecule has 0 unspecified atom stereocenters. The summed E-state index contributed by atoms with van der Waals surface area (Å²) in [7, 11) is 1.69. The number of halogens is 4. The van der Waals surface area contributed by atoms with Crippen LogP contribution < -0.4 is 10.6 Å². The second-order valence-corrected chi connectivity index (χ2v) is 8.05. The van der Waals surface area contributed by atoms with Crippen LogP contribution in [0.25, 0.3) is 0 Å². The number of carbonyl (C=O) groups is 1. The summed E-state index contributed by atoms with van der Waals surface area (Å²) in [5, 5.41) is 6.43. The molecule has 2 fully saturated rings. The fraction of sp³-hybridized carbons (Fsp3) is 0.900. The van der Waals surface area contributed by atoms with Gasteiger partial charge in [0.05, 0.1) is 6.54 Å². The predicted molar refractivity (Wildman–Crippen MR) is 122 cm³/mol. The van der Waals surface area contributed by atoms with Crippen LogP contribution in [0, 0.1) is 5.92 Å². The van der Waals surface area contributed by atoms with Crippen molar-refractivity contribution >= 4 is 35.9 Å². The zero-order valence-corrected chi connectivity index (χ0v) is 20.1. The Morgan fingerprint density at radius 3 is 2.33 bits per heavy atom. The van der Waals surface area contributed by atoms with Crippen LogP contribution in [0.15, 0.2) is 4.99 Å². The predicted octanol–water partition coefficient (Wildman–Crippen LogP) is 3.70. The molecule has 0 amide bonds. The van der Waals surface area contributed by atoms with Gasteiger partial charge in [0.2, 0.25) is 0 Å². The highest BCUT2D eigenvalue weighted by atomic mass is 127. The van der Waals surface area contributed by atoms with E-state index in [2.05, 4.69) is 15.6 Å². The van der Waals surface area contributed by atoms with Gasteiger partial charge in [-0.05, 0) is 70.4 Å². The molecule has 176 valence electrons. The first-order valence-corrected chi connectivity index (χ1v) is 10.8. The second-order valence-electron chi connectivity index (χ2n) is 8.05. The number of carbonyl (C=O) groups excluding carboxylic acids is 1. The average molecular weight is 548 g/mol. The molecule has 2 N–H and O–H groups in total. The minimum Gasteiger partial charge on any atom is -0.462 e. The van der Waals surface area contributed by atoms with Gasteiger partial charge in [-0.1, -0.05) is 0 Å². The molecule has 0 spiro atoms. The SMILES string of the molecule is CN=C(NCCCC(=O)OC1CCCC1)NCCC1CCN(CC(F)(F)F)CC1.I. The number of ether oxygens (including phenoxy) is 1. The maximum Gasteiger partial charge on any atom is 0.401 e. The van der Waals surface area contributed by atoms with Gasteiger partial charge in [-0.2, -0.15) is 13.2 Å². The van der Waals surface area contributed by atoms with Gasteiger partial charge in [0, 0.05) is 26.6 Å². The molecule has 2 aliphatic rings. The number of piperidine rings is 1. The number of hydrogen-bond donors (Lipinski definition) is 2. The van der Waals surface area contributed by atoms with Crippen LogP contribution in [0.4, 0.5) is 13.2 Å². The van der Waals surface area contributed by atoms with E-state index in [1.807, 2.05) is 0 Å². The van der Waals surface area contributed by atoms with Gasteiger partial charge in [-0.25, -0.2) is 0 Å². The number of nitrogens with one attached hydrogen (secondary N) is 2. The lowest BCUT2D eigenvalue weighted by Crippen LogP contribution is -2.41. The fourth-order valence-electron chi connectivity index (χ4n) is 3.99. The molecule has 1 saturated heterocycles. The fourth-order valence-corrected chi connectivity index (χ4v) is 3.99. The molecule has 0 aromatic heterocycles. The van der Waals surface area contributed by atoms with Crippen LogP contribution >= 0.6 is 24.0 Å². The largest absolute Gasteiger partial charge is 0.462 e. The van der Waals surface area contributed by atoms with Crippen molar-refractivity contribution in [2.45, 2.75) is 70.1 Å². The van der Waals surface area contributed by atoms with Crippen molar-refractivity contribution in [1.29, 1.82) is 0 Å². The second kappa shape index (κ2) is 14.3. The van der Waals surface area contributed by atoms with E-state index in [-0.39, 0.29) is 36.0 Å². The highest BCUT2D eigenvalue weighted by Gasteiger charge is 2.32. The van der Waals surface area contributed by atoms with Crippen molar-refractivity contribution in [2.75, 3.05) is 39.8 Å². The van der Waals surface area contributed by atoms with Crippen LogP contribution in [0.2, 0.25) is 0 Å². The number of esters is 1. The Hall–Kier alpha value is -0.780. The monoisotopic (exact) mass is 548 g/mol. The third-order valence-corrected chi connectivity index (χ3v) is 5.63. The molecule has 0 radical (unpaired) electrons. The number of nitrogens with zero attached hydrogens (tertiary/aromatic N) is 2. The van der Waals surface area contributed by atoms with Crippen molar-refractivity contribution in [1.82, 2.24) is 15.5 Å².